The van der Waals surface area contributed by atoms with Crippen molar-refractivity contribution in [1.82, 2.24) is 64.1 Å². The van der Waals surface area contributed by atoms with E-state index in [1.165, 1.54) is 77.2 Å². The van der Waals surface area contributed by atoms with Crippen LogP contribution in [0.2, 0.25) is 29.0 Å². The average molecular weight is 1990 g/mol. The third-order valence-electron chi connectivity index (χ3n) is 24.3. The number of likely N-dealkylation sites (tertiary alicyclic amines) is 2. The summed E-state index contributed by atoms with van der Waals surface area (Å²) in [7, 11) is -8.60. The van der Waals surface area contributed by atoms with E-state index in [-0.39, 0.29) is 121 Å². The minimum atomic E-state index is -3.83. The van der Waals surface area contributed by atoms with E-state index in [0.717, 1.165) is 36.4 Å². The predicted molar refractivity (Wildman–Crippen MR) is 488 cm³/mol. The Balaban J connectivity index is 0.000000200. The second kappa shape index (κ2) is 45.8. The molecule has 6 saturated carbocycles. The fraction of sp³-hybridized carbons (Fsp3) is 0.625. The molecule has 4 amide bonds. The third kappa shape index (κ3) is 29.2. The van der Waals surface area contributed by atoms with Gasteiger partial charge in [0.25, 0.3) is 0 Å². The Morgan fingerprint density at radius 3 is 1.38 bits per heavy atom. The molecule has 0 bridgehead atoms. The van der Waals surface area contributed by atoms with E-state index in [0.29, 0.717) is 72.6 Å². The molecule has 27 nitrogen and oxygen atoms in total. The number of rotatable bonds is 38. The number of aromatic nitrogens is 9. The van der Waals surface area contributed by atoms with Gasteiger partial charge in [-0.15, -0.1) is 35.8 Å². The molecule has 2 saturated heterocycles. The normalized spacial score (nSPS) is 22.5. The number of hydrogen-bond acceptors (Lipinski definition) is 26. The first-order valence-corrected chi connectivity index (χ1v) is 57.5. The van der Waals surface area contributed by atoms with Crippen molar-refractivity contribution in [1.29, 1.82) is 0 Å². The van der Waals surface area contributed by atoms with Gasteiger partial charge in [0.05, 0.1) is 54.6 Å². The number of alkyl halides is 1. The molecule has 8 fully saturated rings. The van der Waals surface area contributed by atoms with Crippen LogP contribution in [0, 0.1) is 57.2 Å². The number of Topliss-reactive ketones (excluding diaryl/α,β-unsaturated/α-hetero) is 4. The zero-order valence-electron chi connectivity index (χ0n) is 73.9. The van der Waals surface area contributed by atoms with Crippen LogP contribution in [-0.2, 0) is 58.4 Å². The molecule has 6 aliphatic carbocycles. The van der Waals surface area contributed by atoms with Crippen molar-refractivity contribution in [2.75, 3.05) is 20.2 Å². The van der Waals surface area contributed by atoms with Crippen molar-refractivity contribution >= 4 is 157 Å². The smallest absolute Gasteiger partial charge is 0.223 e. The molecule has 10 atom stereocenters. The van der Waals surface area contributed by atoms with Crippen LogP contribution in [0.5, 0.6) is 6.01 Å². The molecule has 0 spiro atoms. The number of amides is 4. The van der Waals surface area contributed by atoms with E-state index in [9.17, 15) is 64.7 Å². The Kier molecular flexibility index (Phi) is 36.8. The number of carbonyl (C=O) groups is 8. The fourth-order valence-electron chi connectivity index (χ4n) is 16.1. The molecular weight excluding hydrogens is 1870 g/mol. The van der Waals surface area contributed by atoms with Crippen LogP contribution in [-0.4, -0.2) is 197 Å². The monoisotopic (exact) mass is 1990 g/mol. The summed E-state index contributed by atoms with van der Waals surface area (Å²) in [6, 6.07) is 3.26. The molecule has 6 aromatic rings. The van der Waals surface area contributed by atoms with Gasteiger partial charge in [0, 0.05) is 111 Å². The van der Waals surface area contributed by atoms with Crippen molar-refractivity contribution < 1.29 is 70.8 Å². The first kappa shape index (κ1) is 101. The van der Waals surface area contributed by atoms with Gasteiger partial charge >= 0.3 is 128 Å². The Labute approximate surface area is 767 Å². The summed E-state index contributed by atoms with van der Waals surface area (Å²) in [6.07, 6.45) is 27.5. The molecule has 6 aromatic heterocycles. The SMILES string of the molecule is C=CC1C[C@]1(CC(=O)[C@@H]1C[C@@H](O)CN1C(=O)[C@@H](CC(=O)CC1CC1)C(C)(C)C)C(=O)NS(=O)(=O)C1CC1.C=CC1C[C@]1(CC(=O)[C@@H]1C[C@@H](Oc2nccc(-c3nccs3)n2)CN1C(=O)[C@@H](CC(=O)CC1CC1)C(C)(C)C)C(=O)NS(=O)(=O)C1CC1.CCC[CH2][Sn]([CH2]CCC)([CH2]CCC)[c]1nccs1.Clc1ccnc(Cl)n1.Clc1nccc(-c2nccs2)n1.[2H]CF. The van der Waals surface area contributed by atoms with Gasteiger partial charge in [-0.1, -0.05) is 65.3 Å². The number of β-amino-alcohol motifs (C(OH)–C–C–N with tert-alkyl or cyclic N) is 1. The number of nitrogens with one attached hydrogen (secondary N) is 2. The number of halogens is 4. The number of nitrogens with zero attached hydrogens (tertiary/aromatic N) is 11. The number of thiazole rings is 3. The van der Waals surface area contributed by atoms with Gasteiger partial charge in [-0.3, -0.25) is 52.2 Å². The molecule has 0 radical (unpaired) electrons. The molecule has 37 heteroatoms. The van der Waals surface area contributed by atoms with E-state index >= 15 is 0 Å². The fourth-order valence-corrected chi connectivity index (χ4v) is 39.8. The molecule has 3 N–H and O–H groups in total. The van der Waals surface area contributed by atoms with Crippen molar-refractivity contribution in [2.45, 2.75) is 265 Å². The van der Waals surface area contributed by atoms with Crippen LogP contribution in [0.1, 0.15) is 218 Å². The standard InChI is InChI=1S/C34H43N5O7S2.C27H40N2O7S.C7H4ClN3S.C4H2Cl2N2.3C4H9.C3H2NS.CH3F.Sn/c1-5-21-17-34(21,31(43)38-48(44,45)24-8-9-24)18-28(41)27-16-23(46-32-36-11-10-26(37-32)29-35-12-13-47-29)19-39(27)30(42)25(33(2,3)4)15-22(40)14-20-6-7-20;1-5-17-13-27(17,25(34)28-37(35,36)20-8-9-20)14-23(32)22-12-19(31)15-29(22)24(33)21(26(2,3)4)11-18(30)10-16-6-7-16;8-7-10-2-1-5(11-7)6-9-3-4-12-6;5-3-1-2-7-4(6)8-3;3*1-3-4-2;1-2-5-3-4-1;1-2;/h5,10-13,20-21,23-25,27H,1,6-9,14-19H2,2-4H3,(H,38,43);5,16-17,19-22,31H,1,6-15H2,2-4H3,(H,28,34);1-4H;1-2H;3*1,3-4H2,2H3;1-2H;1H3;/t21?,23-,25-,27+,34-;17?,19-,21-,22+,27-;;;;;;;;/m11......../s1/i;;;;;;;;1D;. The maximum atomic E-state index is 14.4. The number of carbonyl (C=O) groups excluding carboxylic acids is 8. The first-order chi connectivity index (χ1) is 59.7. The number of sulfonamides is 2. The Bertz CT molecular complexity index is 4890. The number of unbranched alkanes of at least 4 members (excludes halogenated alkanes) is 3. The summed E-state index contributed by atoms with van der Waals surface area (Å²) in [5.41, 5.74) is -2.23. The Morgan fingerprint density at radius 1 is 0.600 bits per heavy atom. The first-order valence-electron chi connectivity index (χ1n) is 43.9. The molecule has 125 heavy (non-hydrogen) atoms. The van der Waals surface area contributed by atoms with E-state index in [1.807, 2.05) is 69.8 Å². The summed E-state index contributed by atoms with van der Waals surface area (Å²) >= 11 is 19.1. The van der Waals surface area contributed by atoms with Crippen molar-refractivity contribution in [2.24, 2.45) is 57.2 Å². The van der Waals surface area contributed by atoms with Crippen LogP contribution in [0.15, 0.2) is 96.8 Å². The molecule has 2 aliphatic heterocycles. The molecule has 0 aromatic carbocycles. The van der Waals surface area contributed by atoms with E-state index in [2.05, 4.69) is 88.6 Å². The van der Waals surface area contributed by atoms with Gasteiger partial charge < -0.3 is 19.6 Å². The topological polar surface area (TPSA) is 381 Å². The Morgan fingerprint density at radius 2 is 1.02 bits per heavy atom. The number of ether oxygens (including phenoxy) is 1. The summed E-state index contributed by atoms with van der Waals surface area (Å²) in [5, 5.41) is 17.5. The van der Waals surface area contributed by atoms with Crippen LogP contribution in [0.25, 0.3) is 21.4 Å². The maximum Gasteiger partial charge on any atom is 0.223 e. The molecule has 8 heterocycles. The van der Waals surface area contributed by atoms with Gasteiger partial charge in [-0.05, 0) is 140 Å². The quantitative estimate of drug-likeness (QED) is 0.0140. The molecular formula is C88H121Cl3FN13O14S5Sn. The molecule has 2 unspecified atom stereocenters. The summed E-state index contributed by atoms with van der Waals surface area (Å²) in [6.45, 7) is 26.0. The Hall–Kier alpha value is -6.57. The van der Waals surface area contributed by atoms with Crippen LogP contribution < -0.4 is 17.2 Å². The van der Waals surface area contributed by atoms with Crippen LogP contribution >= 0.6 is 68.8 Å². The van der Waals surface area contributed by atoms with Gasteiger partial charge in [0.15, 0.2) is 11.6 Å². The average Bonchev–Trinajstić information content (AvgIpc) is 1.58. The third-order valence-corrected chi connectivity index (χ3v) is 48.8. The zero-order chi connectivity index (χ0) is 92.1. The molecule has 14 rings (SSSR count). The maximum absolute atomic E-state index is 14.4. The van der Waals surface area contributed by atoms with Crippen molar-refractivity contribution in [3.8, 4) is 27.4 Å². The summed E-state index contributed by atoms with van der Waals surface area (Å²) < 4.78 is 82.3. The van der Waals surface area contributed by atoms with E-state index < -0.39 is 126 Å². The molecule has 684 valence electrons. The van der Waals surface area contributed by atoms with Crippen molar-refractivity contribution in [3.63, 3.8) is 0 Å². The number of ketones is 4. The molecule has 8 aliphatic rings. The number of aliphatic hydroxyl groups excluding tert-OH is 1. The number of allylic oxidation sites excluding steroid dienone is 2. The van der Waals surface area contributed by atoms with E-state index in [1.54, 1.807) is 71.5 Å². The number of hydrogen-bond donors (Lipinski definition) is 3. The number of aliphatic hydroxyl groups is 1. The van der Waals surface area contributed by atoms with Crippen molar-refractivity contribution in [3.05, 3.63) is 113 Å². The predicted octanol–water partition coefficient (Wildman–Crippen LogP) is 16.1. The minimum Gasteiger partial charge on any atom is -0.255 e. The second-order valence-electron chi connectivity index (χ2n) is 36.2. The van der Waals surface area contributed by atoms with Crippen LogP contribution in [0.3, 0.4) is 0 Å². The van der Waals surface area contributed by atoms with Gasteiger partial charge in [0.2, 0.25) is 54.2 Å². The van der Waals surface area contributed by atoms with Gasteiger partial charge in [-0.25, -0.2) is 51.7 Å². The van der Waals surface area contributed by atoms with Crippen LogP contribution in [0.4, 0.5) is 4.39 Å². The van der Waals surface area contributed by atoms with E-state index in [4.69, 9.17) is 45.9 Å². The zero-order valence-corrected chi connectivity index (χ0v) is 82.1. The van der Waals surface area contributed by atoms with Gasteiger partial charge in [0.1, 0.15) is 44.2 Å². The largest absolute Gasteiger partial charge is 0.255 e. The van der Waals surface area contributed by atoms with Gasteiger partial charge in [-0.2, -0.15) is 4.98 Å². The minimum absolute atomic E-state index is 0.0151. The summed E-state index contributed by atoms with van der Waals surface area (Å²) in [5.74, 6) is -3.98. The summed E-state index contributed by atoms with van der Waals surface area (Å²) in [4.78, 5) is 148. The second-order valence-corrected chi connectivity index (χ2v) is 57.9.